The molecule has 1 fully saturated rings. The highest BCUT2D eigenvalue weighted by atomic mass is 16.2. The lowest BCUT2D eigenvalue weighted by molar-refractivity contribution is -0.118. The van der Waals surface area contributed by atoms with E-state index in [1.165, 1.54) is 0 Å². The largest absolute Gasteiger partial charge is 0.310 e. The molecule has 0 saturated carbocycles. The van der Waals surface area contributed by atoms with Crippen LogP contribution in [0.5, 0.6) is 0 Å². The molecule has 22 heavy (non-hydrogen) atoms. The van der Waals surface area contributed by atoms with Crippen LogP contribution in [0.25, 0.3) is 0 Å². The number of carbonyl (C=O) groups excluding carboxylic acids is 1. The first-order chi connectivity index (χ1) is 10.3. The fraction of sp³-hybridized carbons (Fsp3) is 0.667. The van der Waals surface area contributed by atoms with Crippen LogP contribution in [0.1, 0.15) is 46.7 Å². The van der Waals surface area contributed by atoms with E-state index >= 15 is 0 Å². The highest BCUT2D eigenvalue weighted by molar-refractivity contribution is 5.93. The van der Waals surface area contributed by atoms with Crippen molar-refractivity contribution in [2.75, 3.05) is 31.1 Å². The molecule has 2 heterocycles. The van der Waals surface area contributed by atoms with Gasteiger partial charge in [0.2, 0.25) is 5.91 Å². The van der Waals surface area contributed by atoms with Gasteiger partial charge in [-0.25, -0.2) is 0 Å². The molecule has 4 heteroatoms. The molecule has 1 aliphatic rings. The molecule has 0 aliphatic carbocycles. The second kappa shape index (κ2) is 6.78. The van der Waals surface area contributed by atoms with Crippen LogP contribution in [0.15, 0.2) is 18.3 Å². The van der Waals surface area contributed by atoms with Gasteiger partial charge in [-0.05, 0) is 18.1 Å². The number of hydrogen-bond donors (Lipinski definition) is 0. The molecule has 0 unspecified atom stereocenters. The Labute approximate surface area is 134 Å². The molecule has 0 N–H and O–H groups in total. The number of amides is 1. The highest BCUT2D eigenvalue weighted by Crippen LogP contribution is 2.23. The van der Waals surface area contributed by atoms with E-state index in [9.17, 15) is 4.79 Å². The van der Waals surface area contributed by atoms with Crippen LogP contribution in [-0.2, 0) is 10.2 Å². The Morgan fingerprint density at radius 1 is 1.18 bits per heavy atom. The van der Waals surface area contributed by atoms with Crippen LogP contribution in [0.3, 0.4) is 0 Å². The van der Waals surface area contributed by atoms with Crippen LogP contribution in [-0.4, -0.2) is 42.0 Å². The molecule has 0 bridgehead atoms. The third-order valence-electron chi connectivity index (χ3n) is 4.03. The van der Waals surface area contributed by atoms with Crippen molar-refractivity contribution in [3.63, 3.8) is 0 Å². The van der Waals surface area contributed by atoms with Crippen molar-refractivity contribution in [1.82, 2.24) is 9.88 Å². The highest BCUT2D eigenvalue weighted by Gasteiger charge is 2.23. The summed E-state index contributed by atoms with van der Waals surface area (Å²) >= 11 is 0. The number of anilines is 1. The summed E-state index contributed by atoms with van der Waals surface area (Å²) in [6, 6.07) is 4.07. The van der Waals surface area contributed by atoms with Gasteiger partial charge < -0.3 is 9.80 Å². The fourth-order valence-electron chi connectivity index (χ4n) is 2.83. The Morgan fingerprint density at radius 2 is 1.91 bits per heavy atom. The maximum atomic E-state index is 12.4. The van der Waals surface area contributed by atoms with E-state index in [-0.39, 0.29) is 11.3 Å². The van der Waals surface area contributed by atoms with Crippen LogP contribution >= 0.6 is 0 Å². The van der Waals surface area contributed by atoms with Gasteiger partial charge in [0.15, 0.2) is 0 Å². The van der Waals surface area contributed by atoms with Crippen molar-refractivity contribution < 1.29 is 4.79 Å². The molecular formula is C18H29N3O. The maximum absolute atomic E-state index is 12.4. The molecule has 0 aromatic carbocycles. The Hall–Kier alpha value is -1.42. The van der Waals surface area contributed by atoms with Gasteiger partial charge in [-0.3, -0.25) is 9.78 Å². The molecular weight excluding hydrogens is 274 g/mol. The number of hydrogen-bond acceptors (Lipinski definition) is 3. The zero-order chi connectivity index (χ0) is 16.3. The summed E-state index contributed by atoms with van der Waals surface area (Å²) in [5.41, 5.74) is 2.01. The van der Waals surface area contributed by atoms with Gasteiger partial charge in [-0.1, -0.05) is 34.6 Å². The maximum Gasteiger partial charge on any atom is 0.228 e. The number of aromatic nitrogens is 1. The molecule has 1 aliphatic heterocycles. The number of rotatable bonds is 3. The van der Waals surface area contributed by atoms with E-state index in [0.29, 0.717) is 12.3 Å². The minimum atomic E-state index is 0.0371. The van der Waals surface area contributed by atoms with Crippen LogP contribution < -0.4 is 4.90 Å². The third-order valence-corrected chi connectivity index (χ3v) is 4.03. The average Bonchev–Trinajstić information content (AvgIpc) is 2.60. The summed E-state index contributed by atoms with van der Waals surface area (Å²) < 4.78 is 0. The normalized spacial score (nSPS) is 17.9. The molecule has 1 aromatic rings. The van der Waals surface area contributed by atoms with Crippen molar-refractivity contribution in [2.45, 2.75) is 46.5 Å². The topological polar surface area (TPSA) is 36.4 Å². The third kappa shape index (κ3) is 4.29. The first-order valence-electron chi connectivity index (χ1n) is 8.26. The Balaban J connectivity index is 2.09. The van der Waals surface area contributed by atoms with Crippen molar-refractivity contribution in [2.24, 2.45) is 5.92 Å². The van der Waals surface area contributed by atoms with Gasteiger partial charge in [-0.2, -0.15) is 0 Å². The Bertz CT molecular complexity index is 502. The molecule has 0 radical (unpaired) electrons. The van der Waals surface area contributed by atoms with Gasteiger partial charge >= 0.3 is 0 Å². The van der Waals surface area contributed by atoms with E-state index in [0.717, 1.165) is 37.6 Å². The summed E-state index contributed by atoms with van der Waals surface area (Å²) in [5.74, 6) is 0.839. The molecule has 4 nitrogen and oxygen atoms in total. The van der Waals surface area contributed by atoms with Gasteiger partial charge in [0.05, 0.1) is 11.9 Å². The van der Waals surface area contributed by atoms with E-state index < -0.39 is 0 Å². The van der Waals surface area contributed by atoms with Crippen molar-refractivity contribution >= 4 is 11.6 Å². The second-order valence-corrected chi connectivity index (χ2v) is 7.64. The van der Waals surface area contributed by atoms with Gasteiger partial charge in [-0.15, -0.1) is 0 Å². The minimum absolute atomic E-state index is 0.0371. The molecule has 2 rings (SSSR count). The average molecular weight is 303 g/mol. The first kappa shape index (κ1) is 16.9. The number of nitrogens with zero attached hydrogens (tertiary/aromatic N) is 3. The quantitative estimate of drug-likeness (QED) is 0.861. The molecule has 1 saturated heterocycles. The monoisotopic (exact) mass is 303 g/mol. The fourth-order valence-corrected chi connectivity index (χ4v) is 2.83. The second-order valence-electron chi connectivity index (χ2n) is 7.64. The first-order valence-corrected chi connectivity index (χ1v) is 8.26. The minimum Gasteiger partial charge on any atom is -0.310 e. The van der Waals surface area contributed by atoms with Crippen molar-refractivity contribution in [1.29, 1.82) is 0 Å². The number of carbonyl (C=O) groups is 1. The van der Waals surface area contributed by atoms with Crippen molar-refractivity contribution in [3.8, 4) is 0 Å². The Kier molecular flexibility index (Phi) is 5.22. The van der Waals surface area contributed by atoms with Gasteiger partial charge in [0, 0.05) is 43.7 Å². The smallest absolute Gasteiger partial charge is 0.228 e. The predicted octanol–water partition coefficient (Wildman–Crippen LogP) is 3.07. The van der Waals surface area contributed by atoms with Crippen LogP contribution in [0, 0.1) is 5.92 Å². The Morgan fingerprint density at radius 3 is 2.45 bits per heavy atom. The van der Waals surface area contributed by atoms with E-state index in [1.807, 2.05) is 23.2 Å². The molecule has 122 valence electrons. The van der Waals surface area contributed by atoms with E-state index in [2.05, 4.69) is 44.5 Å². The predicted molar refractivity (Wildman–Crippen MR) is 91.2 cm³/mol. The van der Waals surface area contributed by atoms with Crippen LogP contribution in [0.2, 0.25) is 0 Å². The van der Waals surface area contributed by atoms with Gasteiger partial charge in [0.25, 0.3) is 0 Å². The zero-order valence-electron chi connectivity index (χ0n) is 14.6. The molecule has 1 amide bonds. The summed E-state index contributed by atoms with van der Waals surface area (Å²) in [6.07, 6.45) is 2.43. The van der Waals surface area contributed by atoms with E-state index in [1.54, 1.807) is 0 Å². The lowest BCUT2D eigenvalue weighted by atomic mass is 9.92. The summed E-state index contributed by atoms with van der Waals surface area (Å²) in [4.78, 5) is 21.2. The zero-order valence-corrected chi connectivity index (χ0v) is 14.6. The van der Waals surface area contributed by atoms with E-state index in [4.69, 9.17) is 0 Å². The SMILES string of the molecule is CC(C)CN1CCC(=O)N(c2ccc(C(C)(C)C)nc2)CC1. The van der Waals surface area contributed by atoms with Gasteiger partial charge in [0.1, 0.15) is 0 Å². The molecule has 0 atom stereocenters. The summed E-state index contributed by atoms with van der Waals surface area (Å²) in [6.45, 7) is 14.5. The summed E-state index contributed by atoms with van der Waals surface area (Å²) in [5, 5.41) is 0. The van der Waals surface area contributed by atoms with Crippen LogP contribution in [0.4, 0.5) is 5.69 Å². The molecule has 1 aromatic heterocycles. The lowest BCUT2D eigenvalue weighted by Crippen LogP contribution is -2.34. The summed E-state index contributed by atoms with van der Waals surface area (Å²) in [7, 11) is 0. The standard InChI is InChI=1S/C18H29N3O/c1-14(2)13-20-9-8-17(22)21(11-10-20)15-6-7-16(19-12-15)18(3,4)5/h6-7,12,14H,8-11,13H2,1-5H3. The lowest BCUT2D eigenvalue weighted by Gasteiger charge is -2.24. The number of pyridine rings is 1. The molecule has 0 spiro atoms. The van der Waals surface area contributed by atoms with Crippen molar-refractivity contribution in [3.05, 3.63) is 24.0 Å².